The first-order valence-electron chi connectivity index (χ1n) is 8.51. The molecule has 0 saturated heterocycles. The molecule has 0 aliphatic heterocycles. The summed E-state index contributed by atoms with van der Waals surface area (Å²) in [6.07, 6.45) is -2.36. The molecule has 0 unspecified atom stereocenters. The Labute approximate surface area is 158 Å². The van der Waals surface area contributed by atoms with Gasteiger partial charge >= 0.3 is 6.18 Å². The fraction of sp³-hybridized carbons (Fsp3) is 0.200. The van der Waals surface area contributed by atoms with Gasteiger partial charge in [-0.15, -0.1) is 0 Å². The van der Waals surface area contributed by atoms with E-state index in [0.717, 1.165) is 12.1 Å². The van der Waals surface area contributed by atoms with Crippen molar-refractivity contribution < 1.29 is 22.4 Å². The van der Waals surface area contributed by atoms with Crippen molar-refractivity contribution in [3.63, 3.8) is 0 Å². The van der Waals surface area contributed by atoms with Crippen LogP contribution in [-0.4, -0.2) is 17.0 Å². The highest BCUT2D eigenvalue weighted by atomic mass is 19.4. The molecule has 0 saturated carbocycles. The molecule has 1 amide bonds. The van der Waals surface area contributed by atoms with Gasteiger partial charge in [-0.3, -0.25) is 9.59 Å². The summed E-state index contributed by atoms with van der Waals surface area (Å²) in [7, 11) is 0. The predicted octanol–water partition coefficient (Wildman–Crippen LogP) is 3.48. The number of amides is 1. The third-order valence-corrected chi connectivity index (χ3v) is 4.09. The maximum atomic E-state index is 12.5. The minimum Gasteiger partial charge on any atom is -0.454 e. The van der Waals surface area contributed by atoms with Crippen LogP contribution in [0.2, 0.25) is 0 Å². The van der Waals surface area contributed by atoms with E-state index in [1.807, 2.05) is 0 Å². The number of nitrogens with zero attached hydrogens (tertiary/aromatic N) is 1. The molecule has 3 aromatic rings. The molecular formula is C20H17F3N2O3. The van der Waals surface area contributed by atoms with Crippen LogP contribution < -0.4 is 10.9 Å². The lowest BCUT2D eigenvalue weighted by Crippen LogP contribution is -2.25. The normalized spacial score (nSPS) is 11.4. The average Bonchev–Trinajstić information content (AvgIpc) is 3.12. The molecule has 0 aliphatic carbocycles. The van der Waals surface area contributed by atoms with Gasteiger partial charge in [-0.2, -0.15) is 13.2 Å². The highest BCUT2D eigenvalue weighted by Gasteiger charge is 2.29. The van der Waals surface area contributed by atoms with E-state index in [4.69, 9.17) is 4.42 Å². The fourth-order valence-corrected chi connectivity index (χ4v) is 2.61. The number of alkyl halides is 3. The number of carbonyl (C=O) groups is 1. The molecule has 0 bridgehead atoms. The molecule has 2 heterocycles. The molecule has 0 radical (unpaired) electrons. The summed E-state index contributed by atoms with van der Waals surface area (Å²) >= 11 is 0. The Morgan fingerprint density at radius 1 is 1.04 bits per heavy atom. The van der Waals surface area contributed by atoms with E-state index in [1.54, 1.807) is 24.4 Å². The first-order valence-corrected chi connectivity index (χ1v) is 8.51. The first-order chi connectivity index (χ1) is 13.3. The summed E-state index contributed by atoms with van der Waals surface area (Å²) in [5, 5.41) is 2.66. The number of furan rings is 1. The molecule has 1 N–H and O–H groups in total. The van der Waals surface area contributed by atoms with Crippen molar-refractivity contribution in [3.05, 3.63) is 93.8 Å². The Morgan fingerprint density at radius 2 is 1.79 bits per heavy atom. The lowest BCUT2D eigenvalue weighted by Gasteiger charge is -2.08. The summed E-state index contributed by atoms with van der Waals surface area (Å²) < 4.78 is 44.5. The summed E-state index contributed by atoms with van der Waals surface area (Å²) in [4.78, 5) is 23.8. The topological polar surface area (TPSA) is 64.2 Å². The van der Waals surface area contributed by atoms with Crippen LogP contribution in [0, 0.1) is 0 Å². The van der Waals surface area contributed by atoms with Gasteiger partial charge in [0, 0.05) is 18.8 Å². The Bertz CT molecular complexity index is 1000. The number of benzene rings is 1. The van der Waals surface area contributed by atoms with Crippen molar-refractivity contribution in [2.45, 2.75) is 19.1 Å². The first kappa shape index (κ1) is 19.5. The lowest BCUT2D eigenvalue weighted by molar-refractivity contribution is -0.137. The van der Waals surface area contributed by atoms with Crippen LogP contribution in [0.25, 0.3) is 0 Å². The van der Waals surface area contributed by atoms with Crippen LogP contribution in [0.3, 0.4) is 0 Å². The van der Waals surface area contributed by atoms with E-state index in [0.29, 0.717) is 17.7 Å². The number of pyridine rings is 1. The molecule has 0 aliphatic rings. The smallest absolute Gasteiger partial charge is 0.416 e. The molecule has 146 valence electrons. The second-order valence-electron chi connectivity index (χ2n) is 6.13. The molecule has 2 aromatic heterocycles. The standard InChI is InChI=1S/C20H17F3N2O3/c21-20(22,23)15-6-4-14(5-7-15)10-11-24-19(27)17-9-8-16(28-17)13-25-12-2-1-3-18(25)26/h1-9,12H,10-11,13H2,(H,24,27). The number of aromatic nitrogens is 1. The third kappa shape index (κ3) is 4.91. The van der Waals surface area contributed by atoms with Crippen LogP contribution in [0.1, 0.15) is 27.4 Å². The highest BCUT2D eigenvalue weighted by molar-refractivity contribution is 5.91. The third-order valence-electron chi connectivity index (χ3n) is 4.09. The summed E-state index contributed by atoms with van der Waals surface area (Å²) in [6, 6.07) is 12.7. The molecule has 5 nitrogen and oxygen atoms in total. The van der Waals surface area contributed by atoms with Crippen LogP contribution in [0.4, 0.5) is 13.2 Å². The zero-order valence-electron chi connectivity index (χ0n) is 14.7. The minimum absolute atomic E-state index is 0.103. The monoisotopic (exact) mass is 390 g/mol. The van der Waals surface area contributed by atoms with Crippen molar-refractivity contribution in [3.8, 4) is 0 Å². The Morgan fingerprint density at radius 3 is 2.46 bits per heavy atom. The molecule has 0 spiro atoms. The van der Waals surface area contributed by atoms with Gasteiger partial charge in [-0.05, 0) is 42.3 Å². The molecule has 28 heavy (non-hydrogen) atoms. The largest absolute Gasteiger partial charge is 0.454 e. The number of carbonyl (C=O) groups excluding carboxylic acids is 1. The number of hydrogen-bond acceptors (Lipinski definition) is 3. The predicted molar refractivity (Wildman–Crippen MR) is 96.0 cm³/mol. The molecular weight excluding hydrogens is 373 g/mol. The van der Waals surface area contributed by atoms with Crippen molar-refractivity contribution in [1.29, 1.82) is 0 Å². The van der Waals surface area contributed by atoms with Gasteiger partial charge in [0.15, 0.2) is 5.76 Å². The van der Waals surface area contributed by atoms with Gasteiger partial charge < -0.3 is 14.3 Å². The Balaban J connectivity index is 1.52. The SMILES string of the molecule is O=C(NCCc1ccc(C(F)(F)F)cc1)c1ccc(Cn2ccccc2=O)o1. The zero-order valence-corrected chi connectivity index (χ0v) is 14.7. The van der Waals surface area contributed by atoms with E-state index < -0.39 is 17.6 Å². The molecule has 0 fully saturated rings. The Kier molecular flexibility index (Phi) is 5.67. The van der Waals surface area contributed by atoms with Gasteiger partial charge in [0.1, 0.15) is 5.76 Å². The van der Waals surface area contributed by atoms with Gasteiger partial charge in [0.05, 0.1) is 12.1 Å². The quantitative estimate of drug-likeness (QED) is 0.701. The fourth-order valence-electron chi connectivity index (χ4n) is 2.61. The minimum atomic E-state index is -4.37. The van der Waals surface area contributed by atoms with E-state index in [9.17, 15) is 22.8 Å². The van der Waals surface area contributed by atoms with Crippen molar-refractivity contribution in [2.24, 2.45) is 0 Å². The van der Waals surface area contributed by atoms with E-state index in [1.165, 1.54) is 28.8 Å². The highest BCUT2D eigenvalue weighted by Crippen LogP contribution is 2.29. The van der Waals surface area contributed by atoms with Gasteiger partial charge in [0.2, 0.25) is 0 Å². The van der Waals surface area contributed by atoms with Crippen molar-refractivity contribution in [1.82, 2.24) is 9.88 Å². The second-order valence-corrected chi connectivity index (χ2v) is 6.13. The number of rotatable bonds is 6. The lowest BCUT2D eigenvalue weighted by atomic mass is 10.1. The van der Waals surface area contributed by atoms with E-state index in [2.05, 4.69) is 5.32 Å². The molecule has 0 atom stereocenters. The number of nitrogens with one attached hydrogen (secondary N) is 1. The van der Waals surface area contributed by atoms with Crippen LogP contribution >= 0.6 is 0 Å². The van der Waals surface area contributed by atoms with Gasteiger partial charge in [0.25, 0.3) is 11.5 Å². The van der Waals surface area contributed by atoms with Crippen molar-refractivity contribution >= 4 is 5.91 Å². The van der Waals surface area contributed by atoms with Crippen molar-refractivity contribution in [2.75, 3.05) is 6.54 Å². The summed E-state index contributed by atoms with van der Waals surface area (Å²) in [6.45, 7) is 0.455. The molecule has 1 aromatic carbocycles. The number of halogens is 3. The average molecular weight is 390 g/mol. The zero-order chi connectivity index (χ0) is 20.1. The maximum Gasteiger partial charge on any atom is 0.416 e. The summed E-state index contributed by atoms with van der Waals surface area (Å²) in [5.41, 5.74) is -0.209. The molecule has 3 rings (SSSR count). The molecule has 8 heteroatoms. The van der Waals surface area contributed by atoms with E-state index in [-0.39, 0.29) is 24.4 Å². The second kappa shape index (κ2) is 8.16. The van der Waals surface area contributed by atoms with Gasteiger partial charge in [-0.25, -0.2) is 0 Å². The maximum absolute atomic E-state index is 12.5. The van der Waals surface area contributed by atoms with E-state index >= 15 is 0 Å². The van der Waals surface area contributed by atoms with Crippen LogP contribution in [-0.2, 0) is 19.1 Å². The summed E-state index contributed by atoms with van der Waals surface area (Å²) in [5.74, 6) is 0.131. The van der Waals surface area contributed by atoms with Crippen LogP contribution in [0.5, 0.6) is 0 Å². The Hall–Kier alpha value is -3.29. The van der Waals surface area contributed by atoms with Crippen LogP contribution in [0.15, 0.2) is 70.0 Å². The number of hydrogen-bond donors (Lipinski definition) is 1. The van der Waals surface area contributed by atoms with Gasteiger partial charge in [-0.1, -0.05) is 18.2 Å².